The summed E-state index contributed by atoms with van der Waals surface area (Å²) < 4.78 is 22.5. The summed E-state index contributed by atoms with van der Waals surface area (Å²) in [6, 6.07) is 13.2. The molecule has 0 N–H and O–H groups in total. The molecule has 26 heavy (non-hydrogen) atoms. The third-order valence-electron chi connectivity index (χ3n) is 4.55. The van der Waals surface area contributed by atoms with E-state index in [1.165, 1.54) is 6.08 Å². The van der Waals surface area contributed by atoms with Crippen molar-refractivity contribution in [1.29, 1.82) is 0 Å². The van der Waals surface area contributed by atoms with Gasteiger partial charge in [-0.05, 0) is 49.8 Å². The molecule has 0 spiro atoms. The lowest BCUT2D eigenvalue weighted by Crippen LogP contribution is -2.38. The molecule has 2 aromatic heterocycles. The zero-order chi connectivity index (χ0) is 18.1. The standard InChI is InChI=1S/C21H20FN3O/c1-3-19-15(2)25-14-16(11-12-20(25)23-19)24-13-7-10-18(22)21(24)26-17-8-5-4-6-9-17/h4-14,21H,3H2,1-2H3. The SMILES string of the molecule is CCc1nc2ccc(N3C=CC=C(F)C3Oc3ccccc3)cn2c1C. The Morgan fingerprint density at radius 3 is 2.73 bits per heavy atom. The van der Waals surface area contributed by atoms with Gasteiger partial charge in [0, 0.05) is 18.1 Å². The smallest absolute Gasteiger partial charge is 0.228 e. The molecule has 4 nitrogen and oxygen atoms in total. The summed E-state index contributed by atoms with van der Waals surface area (Å²) >= 11 is 0. The van der Waals surface area contributed by atoms with Crippen molar-refractivity contribution in [1.82, 2.24) is 9.38 Å². The molecule has 132 valence electrons. The number of rotatable bonds is 4. The van der Waals surface area contributed by atoms with Gasteiger partial charge in [0.2, 0.25) is 6.23 Å². The minimum absolute atomic E-state index is 0.340. The molecule has 0 radical (unpaired) electrons. The number of aromatic nitrogens is 2. The van der Waals surface area contributed by atoms with Gasteiger partial charge in [-0.25, -0.2) is 9.37 Å². The van der Waals surface area contributed by atoms with Crippen LogP contribution in [-0.2, 0) is 6.42 Å². The molecule has 3 aromatic rings. The number of fused-ring (bicyclic) bond motifs is 1. The Morgan fingerprint density at radius 1 is 1.15 bits per heavy atom. The average molecular weight is 349 g/mol. The van der Waals surface area contributed by atoms with Gasteiger partial charge in [0.05, 0.1) is 11.4 Å². The number of aryl methyl sites for hydroxylation is 2. The topological polar surface area (TPSA) is 29.8 Å². The predicted octanol–water partition coefficient (Wildman–Crippen LogP) is 4.80. The van der Waals surface area contributed by atoms with Gasteiger partial charge in [0.1, 0.15) is 11.4 Å². The van der Waals surface area contributed by atoms with Gasteiger partial charge < -0.3 is 14.0 Å². The van der Waals surface area contributed by atoms with E-state index in [2.05, 4.69) is 11.9 Å². The highest BCUT2D eigenvalue weighted by molar-refractivity contribution is 5.57. The second-order valence-electron chi connectivity index (χ2n) is 6.20. The number of ether oxygens (including phenoxy) is 1. The minimum Gasteiger partial charge on any atom is -0.463 e. The first-order valence-electron chi connectivity index (χ1n) is 8.69. The molecule has 0 amide bonds. The van der Waals surface area contributed by atoms with Crippen LogP contribution in [-0.4, -0.2) is 15.6 Å². The second kappa shape index (κ2) is 6.67. The maximum Gasteiger partial charge on any atom is 0.228 e. The van der Waals surface area contributed by atoms with Crippen molar-refractivity contribution >= 4 is 11.3 Å². The summed E-state index contributed by atoms with van der Waals surface area (Å²) in [6.07, 6.45) is 6.95. The first-order valence-corrected chi connectivity index (χ1v) is 8.69. The van der Waals surface area contributed by atoms with Crippen molar-refractivity contribution < 1.29 is 9.13 Å². The summed E-state index contributed by atoms with van der Waals surface area (Å²) in [4.78, 5) is 6.41. The molecular weight excluding hydrogens is 329 g/mol. The molecule has 1 aliphatic heterocycles. The van der Waals surface area contributed by atoms with E-state index in [1.807, 2.05) is 66.2 Å². The second-order valence-corrected chi connectivity index (χ2v) is 6.20. The third-order valence-corrected chi connectivity index (χ3v) is 4.55. The van der Waals surface area contributed by atoms with Gasteiger partial charge in [-0.2, -0.15) is 0 Å². The molecule has 0 saturated heterocycles. The number of imidazole rings is 1. The molecule has 0 fully saturated rings. The van der Waals surface area contributed by atoms with Crippen LogP contribution >= 0.6 is 0 Å². The van der Waals surface area contributed by atoms with Crippen LogP contribution in [0, 0.1) is 6.92 Å². The van der Waals surface area contributed by atoms with Crippen LogP contribution in [0.1, 0.15) is 18.3 Å². The van der Waals surface area contributed by atoms with Crippen molar-refractivity contribution in [2.45, 2.75) is 26.5 Å². The predicted molar refractivity (Wildman–Crippen MR) is 101 cm³/mol. The number of nitrogens with zero attached hydrogens (tertiary/aromatic N) is 3. The molecule has 1 aliphatic rings. The summed E-state index contributed by atoms with van der Waals surface area (Å²) in [5.41, 5.74) is 3.89. The fourth-order valence-corrected chi connectivity index (χ4v) is 3.17. The van der Waals surface area contributed by atoms with Gasteiger partial charge in [-0.3, -0.25) is 0 Å². The van der Waals surface area contributed by atoms with Crippen LogP contribution in [0.5, 0.6) is 5.75 Å². The number of hydrogen-bond donors (Lipinski definition) is 0. The third kappa shape index (κ3) is 2.86. The first-order chi connectivity index (χ1) is 12.7. The van der Waals surface area contributed by atoms with Crippen molar-refractivity contribution in [3.63, 3.8) is 0 Å². The number of hydrogen-bond acceptors (Lipinski definition) is 3. The van der Waals surface area contributed by atoms with Crippen LogP contribution in [0.15, 0.2) is 72.8 Å². The van der Waals surface area contributed by atoms with E-state index < -0.39 is 6.23 Å². The van der Waals surface area contributed by atoms with Gasteiger partial charge in [-0.1, -0.05) is 25.1 Å². The van der Waals surface area contributed by atoms with Crippen molar-refractivity contribution in [2.75, 3.05) is 4.90 Å². The molecule has 4 rings (SSSR count). The monoisotopic (exact) mass is 349 g/mol. The Labute approximate surface area is 151 Å². The van der Waals surface area contributed by atoms with E-state index in [4.69, 9.17) is 4.74 Å². The Hall–Kier alpha value is -3.08. The molecule has 5 heteroatoms. The van der Waals surface area contributed by atoms with E-state index in [0.29, 0.717) is 5.75 Å². The molecule has 0 bridgehead atoms. The van der Waals surface area contributed by atoms with Gasteiger partial charge >= 0.3 is 0 Å². The number of benzene rings is 1. The highest BCUT2D eigenvalue weighted by Gasteiger charge is 2.26. The highest BCUT2D eigenvalue weighted by Crippen LogP contribution is 2.28. The fraction of sp³-hybridized carbons (Fsp3) is 0.190. The number of para-hydroxylation sites is 1. The summed E-state index contributed by atoms with van der Waals surface area (Å²) in [5.74, 6) is 0.280. The van der Waals surface area contributed by atoms with Gasteiger partial charge in [0.15, 0.2) is 5.83 Å². The Kier molecular flexibility index (Phi) is 4.21. The van der Waals surface area contributed by atoms with Crippen LogP contribution in [0.4, 0.5) is 10.1 Å². The van der Waals surface area contributed by atoms with Crippen LogP contribution in [0.2, 0.25) is 0 Å². The zero-order valence-corrected chi connectivity index (χ0v) is 14.8. The van der Waals surface area contributed by atoms with Crippen LogP contribution < -0.4 is 9.64 Å². The summed E-state index contributed by atoms with van der Waals surface area (Å²) in [7, 11) is 0. The highest BCUT2D eigenvalue weighted by atomic mass is 19.1. The maximum absolute atomic E-state index is 14.5. The quantitative estimate of drug-likeness (QED) is 0.678. The largest absolute Gasteiger partial charge is 0.463 e. The van der Waals surface area contributed by atoms with Crippen LogP contribution in [0.3, 0.4) is 0 Å². The number of pyridine rings is 1. The lowest BCUT2D eigenvalue weighted by Gasteiger charge is -2.31. The van der Waals surface area contributed by atoms with E-state index >= 15 is 0 Å². The van der Waals surface area contributed by atoms with E-state index in [-0.39, 0.29) is 5.83 Å². The van der Waals surface area contributed by atoms with E-state index in [9.17, 15) is 4.39 Å². The molecule has 1 aromatic carbocycles. The Morgan fingerprint density at radius 2 is 1.96 bits per heavy atom. The lowest BCUT2D eigenvalue weighted by molar-refractivity contribution is 0.210. The van der Waals surface area contributed by atoms with E-state index in [1.54, 1.807) is 11.0 Å². The Balaban J connectivity index is 1.72. The van der Waals surface area contributed by atoms with Crippen LogP contribution in [0.25, 0.3) is 5.65 Å². The summed E-state index contributed by atoms with van der Waals surface area (Å²) in [6.45, 7) is 4.14. The summed E-state index contributed by atoms with van der Waals surface area (Å²) in [5, 5.41) is 0. The van der Waals surface area contributed by atoms with Gasteiger partial charge in [0.25, 0.3) is 0 Å². The Bertz CT molecular complexity index is 991. The number of halogens is 1. The fourth-order valence-electron chi connectivity index (χ4n) is 3.17. The normalized spacial score (nSPS) is 16.8. The number of anilines is 1. The molecule has 0 aliphatic carbocycles. The molecule has 1 unspecified atom stereocenters. The molecular formula is C21H20FN3O. The van der Waals surface area contributed by atoms with Crippen molar-refractivity contribution in [3.8, 4) is 5.75 Å². The molecule has 1 atom stereocenters. The number of allylic oxidation sites excluding steroid dienone is 2. The van der Waals surface area contributed by atoms with E-state index in [0.717, 1.165) is 29.1 Å². The maximum atomic E-state index is 14.5. The first kappa shape index (κ1) is 16.4. The molecule has 0 saturated carbocycles. The van der Waals surface area contributed by atoms with Crippen molar-refractivity contribution in [2.24, 2.45) is 0 Å². The zero-order valence-electron chi connectivity index (χ0n) is 14.8. The van der Waals surface area contributed by atoms with Crippen molar-refractivity contribution in [3.05, 3.63) is 84.2 Å². The van der Waals surface area contributed by atoms with Gasteiger partial charge in [-0.15, -0.1) is 0 Å². The average Bonchev–Trinajstić information content (AvgIpc) is 2.99. The lowest BCUT2D eigenvalue weighted by atomic mass is 10.2. The minimum atomic E-state index is -0.839. The molecule has 3 heterocycles.